The van der Waals surface area contributed by atoms with Crippen molar-refractivity contribution in [1.29, 1.82) is 0 Å². The van der Waals surface area contributed by atoms with E-state index in [2.05, 4.69) is 21.9 Å². The van der Waals surface area contributed by atoms with Gasteiger partial charge < -0.3 is 29.7 Å². The van der Waals surface area contributed by atoms with Crippen LogP contribution in [0.25, 0.3) is 22.2 Å². The maximum atomic E-state index is 14.6. The fourth-order valence-corrected chi connectivity index (χ4v) is 7.95. The topological polar surface area (TPSA) is 182 Å². The third kappa shape index (κ3) is 9.60. The summed E-state index contributed by atoms with van der Waals surface area (Å²) in [5.41, 5.74) is -1.19. The molecule has 1 aliphatic carbocycles. The molecule has 1 saturated heterocycles. The Morgan fingerprint density at radius 2 is 1.75 bits per heavy atom. The first-order chi connectivity index (χ1) is 26.2. The van der Waals surface area contributed by atoms with E-state index in [0.29, 0.717) is 28.1 Å². The Hall–Kier alpha value is -5.18. The summed E-state index contributed by atoms with van der Waals surface area (Å²) in [6.07, 6.45) is 0.359. The predicted octanol–water partition coefficient (Wildman–Crippen LogP) is 5.12. The van der Waals surface area contributed by atoms with Gasteiger partial charge in [-0.25, -0.2) is 18.2 Å². The minimum atomic E-state index is -3.96. The van der Waals surface area contributed by atoms with Crippen LogP contribution >= 0.6 is 0 Å². The standard InChI is InChI=1S/C41H53N5O9S/c1-10-19-56(51,52)45-37(49)41(23-26(41)11-2)44-35(47)32-21-28(24-46(32)36(48)34(39(3,4)5)43-38(50)55-40(6,7)8)54-33-22-30(25-15-13-12-14-16-25)42-31-20-27(53-9)17-18-29(31)33/h11-18,20,22,26,28,32,34H,2,10,19,21,23-24H2,1,3-9H3,(H,43,50)(H,44,47)(H,45,49). The van der Waals surface area contributed by atoms with Gasteiger partial charge in [-0.2, -0.15) is 0 Å². The normalized spacial score (nSPS) is 21.4. The lowest BCUT2D eigenvalue weighted by Crippen LogP contribution is -2.60. The van der Waals surface area contributed by atoms with Crippen LogP contribution in [0.5, 0.6) is 11.5 Å². The number of nitrogens with zero attached hydrogens (tertiary/aromatic N) is 2. The zero-order valence-corrected chi connectivity index (χ0v) is 34.1. The lowest BCUT2D eigenvalue weighted by atomic mass is 9.85. The van der Waals surface area contributed by atoms with Gasteiger partial charge in [-0.15, -0.1) is 6.58 Å². The van der Waals surface area contributed by atoms with Crippen molar-refractivity contribution in [1.82, 2.24) is 25.2 Å². The maximum absolute atomic E-state index is 14.6. The van der Waals surface area contributed by atoms with Crippen molar-refractivity contribution in [2.75, 3.05) is 19.4 Å². The van der Waals surface area contributed by atoms with Crippen molar-refractivity contribution in [2.45, 2.75) is 97.1 Å². The Kier molecular flexibility index (Phi) is 12.1. The molecular weight excluding hydrogens is 739 g/mol. The molecule has 3 N–H and O–H groups in total. The second-order valence-corrected chi connectivity index (χ2v) is 18.3. The molecule has 14 nitrogen and oxygen atoms in total. The van der Waals surface area contributed by atoms with Crippen molar-refractivity contribution in [3.8, 4) is 22.8 Å². The third-order valence-corrected chi connectivity index (χ3v) is 11.2. The predicted molar refractivity (Wildman–Crippen MR) is 212 cm³/mol. The Bertz CT molecular complexity index is 2100. The zero-order chi connectivity index (χ0) is 41.2. The lowest BCUT2D eigenvalue weighted by Gasteiger charge is -2.36. The Labute approximate surface area is 328 Å². The molecule has 2 heterocycles. The van der Waals surface area contributed by atoms with Gasteiger partial charge in [0.15, 0.2) is 0 Å². The van der Waals surface area contributed by atoms with Crippen LogP contribution in [0.15, 0.2) is 67.3 Å². The number of carbonyl (C=O) groups excluding carboxylic acids is 4. The number of pyridine rings is 1. The summed E-state index contributed by atoms with van der Waals surface area (Å²) in [4.78, 5) is 61.8. The summed E-state index contributed by atoms with van der Waals surface area (Å²) in [7, 11) is -2.40. The highest BCUT2D eigenvalue weighted by molar-refractivity contribution is 7.90. The summed E-state index contributed by atoms with van der Waals surface area (Å²) in [6, 6.07) is 14.4. The third-order valence-electron chi connectivity index (χ3n) is 9.74. The number of rotatable bonds is 13. The number of fused-ring (bicyclic) bond motifs is 1. The number of nitrogens with one attached hydrogen (secondary N) is 3. The number of methoxy groups -OCH3 is 1. The lowest BCUT2D eigenvalue weighted by molar-refractivity contribution is -0.143. The molecule has 0 bridgehead atoms. The van der Waals surface area contributed by atoms with E-state index in [-0.39, 0.29) is 31.6 Å². The quantitative estimate of drug-likeness (QED) is 0.197. The van der Waals surface area contributed by atoms with Crippen LogP contribution in [0.2, 0.25) is 0 Å². The number of likely N-dealkylation sites (tertiary alicyclic amines) is 1. The van der Waals surface area contributed by atoms with Gasteiger partial charge in [-0.3, -0.25) is 19.1 Å². The largest absolute Gasteiger partial charge is 0.497 e. The summed E-state index contributed by atoms with van der Waals surface area (Å²) < 4.78 is 45.0. The molecule has 3 aromatic rings. The van der Waals surface area contributed by atoms with Crippen LogP contribution in [-0.4, -0.2) is 90.9 Å². The van der Waals surface area contributed by atoms with Crippen molar-refractivity contribution in [2.24, 2.45) is 11.3 Å². The van der Waals surface area contributed by atoms with Gasteiger partial charge in [-0.1, -0.05) is 64.1 Å². The number of amides is 4. The van der Waals surface area contributed by atoms with Gasteiger partial charge >= 0.3 is 6.09 Å². The van der Waals surface area contributed by atoms with E-state index < -0.39 is 74.5 Å². The van der Waals surface area contributed by atoms with Crippen molar-refractivity contribution >= 4 is 44.7 Å². The number of hydrogen-bond acceptors (Lipinski definition) is 10. The Morgan fingerprint density at radius 3 is 2.34 bits per heavy atom. The maximum Gasteiger partial charge on any atom is 0.408 e. The Balaban J connectivity index is 1.52. The van der Waals surface area contributed by atoms with Crippen LogP contribution in [0.1, 0.15) is 67.7 Å². The molecule has 2 aliphatic rings. The highest BCUT2D eigenvalue weighted by atomic mass is 32.2. The fraction of sp³-hybridized carbons (Fsp3) is 0.488. The highest BCUT2D eigenvalue weighted by Gasteiger charge is 2.61. The number of alkyl carbamates (subject to hydrolysis) is 1. The first-order valence-corrected chi connectivity index (χ1v) is 20.4. The molecule has 2 aromatic carbocycles. The molecule has 5 unspecified atom stereocenters. The molecule has 5 atom stereocenters. The molecule has 56 heavy (non-hydrogen) atoms. The van der Waals surface area contributed by atoms with Crippen molar-refractivity contribution in [3.63, 3.8) is 0 Å². The second-order valence-electron chi connectivity index (χ2n) is 16.4. The Morgan fingerprint density at radius 1 is 1.05 bits per heavy atom. The van der Waals surface area contributed by atoms with E-state index in [0.717, 1.165) is 5.56 Å². The van der Waals surface area contributed by atoms with Crippen LogP contribution in [0.3, 0.4) is 0 Å². The van der Waals surface area contributed by atoms with Crippen LogP contribution < -0.4 is 24.8 Å². The molecule has 1 aliphatic heterocycles. The van der Waals surface area contributed by atoms with Gasteiger partial charge in [0.2, 0.25) is 21.8 Å². The molecular formula is C41H53N5O9S. The van der Waals surface area contributed by atoms with E-state index in [1.807, 2.05) is 36.4 Å². The number of ether oxygens (including phenoxy) is 3. The number of hydrogen-bond donors (Lipinski definition) is 3. The summed E-state index contributed by atoms with van der Waals surface area (Å²) in [5.74, 6) is -1.89. The first-order valence-electron chi connectivity index (χ1n) is 18.7. The summed E-state index contributed by atoms with van der Waals surface area (Å²) in [6.45, 7) is 15.9. The van der Waals surface area contributed by atoms with Gasteiger partial charge in [-0.05, 0) is 51.2 Å². The van der Waals surface area contributed by atoms with E-state index in [9.17, 15) is 27.6 Å². The molecule has 0 spiro atoms. The molecule has 5 rings (SSSR count). The molecule has 2 fully saturated rings. The molecule has 302 valence electrons. The minimum Gasteiger partial charge on any atom is -0.497 e. The zero-order valence-electron chi connectivity index (χ0n) is 33.3. The summed E-state index contributed by atoms with van der Waals surface area (Å²) >= 11 is 0. The second kappa shape index (κ2) is 16.1. The van der Waals surface area contributed by atoms with Gasteiger partial charge in [0.05, 0.1) is 30.6 Å². The SMILES string of the molecule is C=CC1CC1(NC(=O)C1CC(Oc2cc(-c3ccccc3)nc3cc(OC)ccc23)CN1C(=O)C(NC(=O)OC(C)(C)C)C(C)(C)C)C(=O)NS(=O)(=O)CCC. The monoisotopic (exact) mass is 791 g/mol. The van der Waals surface area contributed by atoms with Crippen LogP contribution in [-0.2, 0) is 29.1 Å². The molecule has 4 amide bonds. The van der Waals surface area contributed by atoms with Crippen LogP contribution in [0.4, 0.5) is 4.79 Å². The van der Waals surface area contributed by atoms with Crippen molar-refractivity contribution in [3.05, 3.63) is 67.3 Å². The fourth-order valence-electron chi connectivity index (χ4n) is 6.84. The van der Waals surface area contributed by atoms with Gasteiger partial charge in [0, 0.05) is 35.4 Å². The van der Waals surface area contributed by atoms with E-state index >= 15 is 0 Å². The van der Waals surface area contributed by atoms with Crippen LogP contribution in [0, 0.1) is 11.3 Å². The summed E-state index contributed by atoms with van der Waals surface area (Å²) in [5, 5.41) is 6.19. The highest BCUT2D eigenvalue weighted by Crippen LogP contribution is 2.45. The average molecular weight is 792 g/mol. The molecule has 1 aromatic heterocycles. The number of aromatic nitrogens is 1. The van der Waals surface area contributed by atoms with Crippen molar-refractivity contribution < 1.29 is 41.8 Å². The molecule has 15 heteroatoms. The van der Waals surface area contributed by atoms with E-state index in [1.54, 1.807) is 73.8 Å². The molecule has 1 saturated carbocycles. The first kappa shape index (κ1) is 42.0. The minimum absolute atomic E-state index is 0.00605. The van der Waals surface area contributed by atoms with Gasteiger partial charge in [0.1, 0.15) is 40.8 Å². The smallest absolute Gasteiger partial charge is 0.408 e. The number of benzene rings is 2. The van der Waals surface area contributed by atoms with E-state index in [4.69, 9.17) is 19.2 Å². The number of carbonyl (C=O) groups is 4. The van der Waals surface area contributed by atoms with Gasteiger partial charge in [0.25, 0.3) is 5.91 Å². The average Bonchev–Trinajstić information content (AvgIpc) is 3.67. The number of sulfonamides is 1. The van der Waals surface area contributed by atoms with E-state index in [1.165, 1.54) is 11.0 Å². The molecule has 0 radical (unpaired) electrons.